The minimum Gasteiger partial charge on any atom is -0.489 e. The number of carboxylic acid groups (broad SMARTS) is 1. The Morgan fingerprint density at radius 3 is 1.75 bits per heavy atom. The number of aryl methyl sites for hydroxylation is 2. The first kappa shape index (κ1) is 45.8. The summed E-state index contributed by atoms with van der Waals surface area (Å²) in [6.45, 7) is 10.8. The summed E-state index contributed by atoms with van der Waals surface area (Å²) in [5.41, 5.74) is 6.13. The van der Waals surface area contributed by atoms with Gasteiger partial charge in [0.2, 0.25) is 0 Å². The van der Waals surface area contributed by atoms with Crippen molar-refractivity contribution in [2.24, 2.45) is 7.05 Å². The summed E-state index contributed by atoms with van der Waals surface area (Å²) in [7, 11) is 1.84. The van der Waals surface area contributed by atoms with Crippen molar-refractivity contribution in [3.05, 3.63) is 124 Å². The number of fused-ring (bicyclic) bond motifs is 1. The molecule has 17 heteroatoms. The molecule has 0 radical (unpaired) electrons. The van der Waals surface area contributed by atoms with E-state index in [1.165, 1.54) is 36.4 Å². The molecule has 0 aliphatic rings. The van der Waals surface area contributed by atoms with E-state index in [0.717, 1.165) is 22.2 Å². The smallest absolute Gasteiger partial charge is 0.489 e. The van der Waals surface area contributed by atoms with Crippen molar-refractivity contribution in [1.29, 1.82) is 0 Å². The number of ether oxygens (including phenoxy) is 3. The highest BCUT2D eigenvalue weighted by Gasteiger charge is 2.34. The van der Waals surface area contributed by atoms with Gasteiger partial charge in [0.15, 0.2) is 0 Å². The lowest BCUT2D eigenvalue weighted by molar-refractivity contribution is -0.275. The molecule has 0 aliphatic carbocycles. The fraction of sp³-hybridized carbons (Fsp3) is 0.283. The molecule has 63 heavy (non-hydrogen) atoms. The molecule has 7 aromatic rings. The van der Waals surface area contributed by atoms with Crippen molar-refractivity contribution in [3.8, 4) is 50.9 Å². The Morgan fingerprint density at radius 1 is 0.730 bits per heavy atom. The van der Waals surface area contributed by atoms with Crippen molar-refractivity contribution in [2.75, 3.05) is 0 Å². The highest BCUT2D eigenvalue weighted by atomic mass is 19.4. The third-order valence-electron chi connectivity index (χ3n) is 10.2. The molecule has 0 fully saturated rings. The lowest BCUT2D eigenvalue weighted by atomic mass is 9.98. The van der Waals surface area contributed by atoms with Crippen LogP contribution >= 0.6 is 0 Å². The van der Waals surface area contributed by atoms with E-state index in [1.54, 1.807) is 19.1 Å². The minimum absolute atomic E-state index is 0.0119. The first-order valence-corrected chi connectivity index (χ1v) is 19.5. The van der Waals surface area contributed by atoms with Gasteiger partial charge in [0, 0.05) is 52.2 Å². The van der Waals surface area contributed by atoms with Crippen LogP contribution in [0.15, 0.2) is 94.0 Å². The van der Waals surface area contributed by atoms with Gasteiger partial charge in [0.05, 0.1) is 17.7 Å². The number of alkyl halides is 6. The Kier molecular flexibility index (Phi) is 13.3. The van der Waals surface area contributed by atoms with E-state index in [2.05, 4.69) is 19.8 Å². The van der Waals surface area contributed by atoms with Crippen LogP contribution in [-0.2, 0) is 20.3 Å². The molecule has 11 nitrogen and oxygen atoms in total. The van der Waals surface area contributed by atoms with E-state index in [4.69, 9.17) is 13.8 Å². The number of nitrogens with zero attached hydrogens (tertiary/aromatic N) is 3. The van der Waals surface area contributed by atoms with Crippen LogP contribution in [0.2, 0.25) is 0 Å². The van der Waals surface area contributed by atoms with Gasteiger partial charge in [-0.25, -0.2) is 4.79 Å². The summed E-state index contributed by atoms with van der Waals surface area (Å²) in [6.07, 6.45) is -9.67. The molecule has 0 atom stereocenters. The SMILES string of the molecule is CC(C)c1onc(-c2ccccc2OC(F)(F)F)c1CO.Cc1cc(OCc2c(-c3ccccc3OC(F)(F)F)noc2C(C)C)ccc1-c1ccc2c(C(=O)O)c(C)n(C)c2c1. The van der Waals surface area contributed by atoms with Crippen LogP contribution in [0.5, 0.6) is 17.2 Å². The minimum atomic E-state index is -4.86. The average Bonchev–Trinajstić information content (AvgIpc) is 3.90. The number of aromatic carboxylic acids is 1. The zero-order chi connectivity index (χ0) is 46.0. The van der Waals surface area contributed by atoms with Crippen molar-refractivity contribution in [2.45, 2.75) is 79.3 Å². The molecule has 0 aliphatic heterocycles. The molecule has 0 saturated carbocycles. The molecule has 0 bridgehead atoms. The first-order valence-electron chi connectivity index (χ1n) is 19.5. The Hall–Kier alpha value is -6.75. The van der Waals surface area contributed by atoms with E-state index >= 15 is 0 Å². The number of aliphatic hydroxyl groups is 1. The topological polar surface area (TPSA) is 142 Å². The summed E-state index contributed by atoms with van der Waals surface area (Å²) < 4.78 is 103. The Labute approximate surface area is 357 Å². The molecule has 332 valence electrons. The Balaban J connectivity index is 0.000000264. The molecule has 0 saturated heterocycles. The zero-order valence-corrected chi connectivity index (χ0v) is 35.1. The van der Waals surface area contributed by atoms with E-state index in [-0.39, 0.29) is 59.1 Å². The zero-order valence-electron chi connectivity index (χ0n) is 35.1. The molecule has 0 unspecified atom stereocenters. The van der Waals surface area contributed by atoms with Crippen LogP contribution in [0, 0.1) is 13.8 Å². The standard InChI is InChI=1S/C32H29F3N2O5.C14H14F3NO3/c1-17(2)30-25(29(36-42-30)24-8-6-7-9-27(24)41-32(33,34)35)16-40-21-11-13-22(18(3)14-21)20-10-12-23-26(15-20)37(5)19(4)28(23)31(38)39;1-8(2)13-10(7-19)12(18-21-13)9-5-3-4-6-11(9)20-14(15,16)17/h6-15,17H,16H2,1-5H3,(H,38,39);3-6,8,19H,7H2,1-2H3. The number of carbonyl (C=O) groups is 1. The van der Waals surface area contributed by atoms with Crippen molar-refractivity contribution < 1.29 is 64.6 Å². The largest absolute Gasteiger partial charge is 0.573 e. The van der Waals surface area contributed by atoms with Crippen molar-refractivity contribution in [1.82, 2.24) is 14.9 Å². The molecule has 3 aromatic heterocycles. The highest BCUT2D eigenvalue weighted by Crippen LogP contribution is 2.40. The van der Waals surface area contributed by atoms with Crippen molar-refractivity contribution in [3.63, 3.8) is 0 Å². The van der Waals surface area contributed by atoms with E-state index < -0.39 is 18.7 Å². The molecule has 7 rings (SSSR count). The molecule has 0 amide bonds. The van der Waals surface area contributed by atoms with Crippen LogP contribution in [0.1, 0.15) is 83.8 Å². The number of carboxylic acids is 1. The number of hydrogen-bond acceptors (Lipinski definition) is 9. The maximum Gasteiger partial charge on any atom is 0.573 e. The number of halogens is 6. The summed E-state index contributed by atoms with van der Waals surface area (Å²) >= 11 is 0. The van der Waals surface area contributed by atoms with Gasteiger partial charge in [-0.15, -0.1) is 26.3 Å². The van der Waals surface area contributed by atoms with Gasteiger partial charge < -0.3 is 38.0 Å². The van der Waals surface area contributed by atoms with Gasteiger partial charge in [-0.05, 0) is 73.0 Å². The quantitative estimate of drug-likeness (QED) is 0.114. The lowest BCUT2D eigenvalue weighted by Gasteiger charge is -2.14. The first-order chi connectivity index (χ1) is 29.7. The number of hydrogen-bond donors (Lipinski definition) is 2. The van der Waals surface area contributed by atoms with E-state index in [1.807, 2.05) is 82.6 Å². The fourth-order valence-corrected chi connectivity index (χ4v) is 7.23. The van der Waals surface area contributed by atoms with Gasteiger partial charge >= 0.3 is 18.7 Å². The Morgan fingerprint density at radius 2 is 1.25 bits per heavy atom. The average molecular weight is 880 g/mol. The van der Waals surface area contributed by atoms with Gasteiger partial charge in [0.1, 0.15) is 46.8 Å². The third-order valence-corrected chi connectivity index (χ3v) is 10.2. The second-order valence-corrected chi connectivity index (χ2v) is 15.1. The predicted molar refractivity (Wildman–Crippen MR) is 220 cm³/mol. The maximum atomic E-state index is 13.1. The van der Waals surface area contributed by atoms with E-state index in [9.17, 15) is 41.4 Å². The van der Waals surface area contributed by atoms with E-state index in [0.29, 0.717) is 45.0 Å². The van der Waals surface area contributed by atoms with Crippen LogP contribution in [-0.4, -0.2) is 43.8 Å². The van der Waals surface area contributed by atoms with Crippen LogP contribution in [0.4, 0.5) is 26.3 Å². The second-order valence-electron chi connectivity index (χ2n) is 15.1. The normalized spacial score (nSPS) is 11.9. The summed E-state index contributed by atoms with van der Waals surface area (Å²) in [5, 5.41) is 27.7. The fourth-order valence-electron chi connectivity index (χ4n) is 7.23. The number of aromatic nitrogens is 3. The molecule has 0 spiro atoms. The predicted octanol–water partition coefficient (Wildman–Crippen LogP) is 12.3. The second kappa shape index (κ2) is 18.3. The van der Waals surface area contributed by atoms with Gasteiger partial charge in [0.25, 0.3) is 0 Å². The number of aliphatic hydroxyl groups excluding tert-OH is 1. The highest BCUT2D eigenvalue weighted by molar-refractivity contribution is 6.06. The number of rotatable bonds is 12. The summed E-state index contributed by atoms with van der Waals surface area (Å²) in [4.78, 5) is 11.8. The van der Waals surface area contributed by atoms with Crippen molar-refractivity contribution >= 4 is 16.9 Å². The molecule has 2 N–H and O–H groups in total. The molecule has 4 aromatic carbocycles. The van der Waals surface area contributed by atoms with Crippen LogP contribution in [0.25, 0.3) is 44.5 Å². The molecular weight excluding hydrogens is 837 g/mol. The van der Waals surface area contributed by atoms with Gasteiger partial charge in [-0.1, -0.05) is 80.5 Å². The summed E-state index contributed by atoms with van der Waals surface area (Å²) in [5.74, 6) is -0.370. The van der Waals surface area contributed by atoms with Gasteiger partial charge in [-0.2, -0.15) is 0 Å². The third kappa shape index (κ3) is 10.1. The Bertz CT molecular complexity index is 2750. The van der Waals surface area contributed by atoms with Crippen LogP contribution < -0.4 is 14.2 Å². The number of benzene rings is 4. The number of para-hydroxylation sites is 2. The van der Waals surface area contributed by atoms with Gasteiger partial charge in [-0.3, -0.25) is 0 Å². The lowest BCUT2D eigenvalue weighted by Crippen LogP contribution is -2.17. The maximum absolute atomic E-state index is 13.1. The van der Waals surface area contributed by atoms with Crippen LogP contribution in [0.3, 0.4) is 0 Å². The molecular formula is C46H43F6N3O8. The molecule has 3 heterocycles. The monoisotopic (exact) mass is 879 g/mol. The summed E-state index contributed by atoms with van der Waals surface area (Å²) in [6, 6.07) is 22.7.